The summed E-state index contributed by atoms with van der Waals surface area (Å²) in [7, 11) is 0. The van der Waals surface area contributed by atoms with Gasteiger partial charge >= 0.3 is 0 Å². The van der Waals surface area contributed by atoms with Crippen LogP contribution in [0, 0.1) is 6.92 Å². The van der Waals surface area contributed by atoms with E-state index in [0.29, 0.717) is 23.2 Å². The molecule has 0 aliphatic carbocycles. The summed E-state index contributed by atoms with van der Waals surface area (Å²) in [6, 6.07) is 15.7. The van der Waals surface area contributed by atoms with E-state index in [1.165, 1.54) is 0 Å². The number of pyridine rings is 1. The second kappa shape index (κ2) is 8.68. The first kappa shape index (κ1) is 19.5. The zero-order valence-electron chi connectivity index (χ0n) is 15.9. The van der Waals surface area contributed by atoms with Gasteiger partial charge in [0.2, 0.25) is 6.79 Å². The maximum Gasteiger partial charge on any atom is 0.231 e. The fourth-order valence-electron chi connectivity index (χ4n) is 3.11. The predicted octanol–water partition coefficient (Wildman–Crippen LogP) is 5.17. The van der Waals surface area contributed by atoms with Gasteiger partial charge in [0.05, 0.1) is 10.7 Å². The first-order chi connectivity index (χ1) is 14.1. The van der Waals surface area contributed by atoms with Crippen LogP contribution in [0.15, 0.2) is 60.9 Å². The standard InChI is InChI=1S/C22H20ClN3O2S/c1-15-4-2-6-18(21(15)23)25-22(29)26(13-17-5-3-9-24-11-17)12-16-7-8-19-20(10-16)28-14-27-19/h2-11H,12-14H2,1H3,(H,25,29). The Morgan fingerprint density at radius 2 is 1.93 bits per heavy atom. The van der Waals surface area contributed by atoms with E-state index >= 15 is 0 Å². The quantitative estimate of drug-likeness (QED) is 0.569. The second-order valence-corrected chi connectivity index (χ2v) is 7.54. The van der Waals surface area contributed by atoms with Crippen molar-refractivity contribution in [2.45, 2.75) is 20.0 Å². The second-order valence-electron chi connectivity index (χ2n) is 6.77. The van der Waals surface area contributed by atoms with Gasteiger partial charge in [-0.3, -0.25) is 4.98 Å². The topological polar surface area (TPSA) is 46.6 Å². The highest BCUT2D eigenvalue weighted by atomic mass is 35.5. The number of halogens is 1. The van der Waals surface area contributed by atoms with E-state index in [1.807, 2.05) is 61.7 Å². The van der Waals surface area contributed by atoms with Crippen LogP contribution < -0.4 is 14.8 Å². The van der Waals surface area contributed by atoms with Crippen molar-refractivity contribution in [2.24, 2.45) is 0 Å². The minimum Gasteiger partial charge on any atom is -0.454 e. The van der Waals surface area contributed by atoms with Crippen molar-refractivity contribution >= 4 is 34.6 Å². The molecule has 1 aliphatic heterocycles. The molecule has 0 fully saturated rings. The van der Waals surface area contributed by atoms with Crippen molar-refractivity contribution in [1.29, 1.82) is 0 Å². The van der Waals surface area contributed by atoms with Gasteiger partial charge in [-0.2, -0.15) is 0 Å². The number of nitrogens with one attached hydrogen (secondary N) is 1. The van der Waals surface area contributed by atoms with Crippen molar-refractivity contribution in [3.05, 3.63) is 82.6 Å². The summed E-state index contributed by atoms with van der Waals surface area (Å²) in [5, 5.41) is 4.54. The lowest BCUT2D eigenvalue weighted by atomic mass is 10.1. The summed E-state index contributed by atoms with van der Waals surface area (Å²) >= 11 is 12.2. The van der Waals surface area contributed by atoms with E-state index in [1.54, 1.807) is 6.20 Å². The number of nitrogens with zero attached hydrogens (tertiary/aromatic N) is 2. The van der Waals surface area contributed by atoms with E-state index < -0.39 is 0 Å². The molecule has 0 unspecified atom stereocenters. The third-order valence-corrected chi connectivity index (χ3v) is 5.49. The van der Waals surface area contributed by atoms with Crippen molar-refractivity contribution in [3.63, 3.8) is 0 Å². The van der Waals surface area contributed by atoms with Gasteiger partial charge in [0.25, 0.3) is 0 Å². The minimum absolute atomic E-state index is 0.254. The number of fused-ring (bicyclic) bond motifs is 1. The van der Waals surface area contributed by atoms with Crippen LogP contribution in [0.25, 0.3) is 0 Å². The monoisotopic (exact) mass is 425 g/mol. The molecule has 1 N–H and O–H groups in total. The number of aryl methyl sites for hydroxylation is 1. The van der Waals surface area contributed by atoms with Crippen molar-refractivity contribution in [3.8, 4) is 11.5 Å². The van der Waals surface area contributed by atoms with Gasteiger partial charge in [-0.15, -0.1) is 0 Å². The average molecular weight is 426 g/mol. The first-order valence-corrected chi connectivity index (χ1v) is 9.97. The molecule has 2 heterocycles. The molecule has 1 aromatic heterocycles. The molecular formula is C22H20ClN3O2S. The fraction of sp³-hybridized carbons (Fsp3) is 0.182. The van der Waals surface area contributed by atoms with Gasteiger partial charge in [-0.1, -0.05) is 35.9 Å². The summed E-state index contributed by atoms with van der Waals surface area (Å²) in [5.41, 5.74) is 3.91. The van der Waals surface area contributed by atoms with E-state index in [9.17, 15) is 0 Å². The van der Waals surface area contributed by atoms with Crippen LogP contribution in [0.4, 0.5) is 5.69 Å². The van der Waals surface area contributed by atoms with Crippen LogP contribution in [0.2, 0.25) is 5.02 Å². The smallest absolute Gasteiger partial charge is 0.231 e. The lowest BCUT2D eigenvalue weighted by Gasteiger charge is -2.26. The van der Waals surface area contributed by atoms with Gasteiger partial charge in [0, 0.05) is 25.5 Å². The molecule has 0 saturated carbocycles. The molecule has 0 spiro atoms. The Labute approximate surface area is 180 Å². The fourth-order valence-corrected chi connectivity index (χ4v) is 3.52. The minimum atomic E-state index is 0.254. The van der Waals surface area contributed by atoms with Crippen LogP contribution in [0.5, 0.6) is 11.5 Å². The summed E-state index contributed by atoms with van der Waals surface area (Å²) in [6.07, 6.45) is 3.60. The third kappa shape index (κ3) is 4.60. The predicted molar refractivity (Wildman–Crippen MR) is 118 cm³/mol. The summed E-state index contributed by atoms with van der Waals surface area (Å²) in [5.74, 6) is 1.52. The van der Waals surface area contributed by atoms with Crippen molar-refractivity contribution in [2.75, 3.05) is 12.1 Å². The molecule has 29 heavy (non-hydrogen) atoms. The molecule has 5 nitrogen and oxygen atoms in total. The average Bonchev–Trinajstić information content (AvgIpc) is 3.19. The van der Waals surface area contributed by atoms with Gasteiger partial charge in [0.1, 0.15) is 0 Å². The third-order valence-electron chi connectivity index (χ3n) is 4.63. The van der Waals surface area contributed by atoms with Crippen LogP contribution >= 0.6 is 23.8 Å². The Balaban J connectivity index is 1.57. The van der Waals surface area contributed by atoms with Crippen molar-refractivity contribution < 1.29 is 9.47 Å². The molecule has 0 bridgehead atoms. The highest BCUT2D eigenvalue weighted by Gasteiger charge is 2.17. The number of ether oxygens (including phenoxy) is 2. The molecule has 0 saturated heterocycles. The van der Waals surface area contributed by atoms with Gasteiger partial charge in [-0.25, -0.2) is 0 Å². The van der Waals surface area contributed by atoms with Crippen LogP contribution in [-0.4, -0.2) is 21.8 Å². The molecule has 0 radical (unpaired) electrons. The number of aromatic nitrogens is 1. The van der Waals surface area contributed by atoms with E-state index in [0.717, 1.165) is 33.9 Å². The zero-order valence-corrected chi connectivity index (χ0v) is 17.5. The molecule has 0 atom stereocenters. The highest BCUT2D eigenvalue weighted by Crippen LogP contribution is 2.33. The normalized spacial score (nSPS) is 11.9. The van der Waals surface area contributed by atoms with E-state index in [4.69, 9.17) is 33.3 Å². The van der Waals surface area contributed by atoms with Crippen LogP contribution in [0.1, 0.15) is 16.7 Å². The number of hydrogen-bond donors (Lipinski definition) is 1. The Hall–Kier alpha value is -2.83. The molecule has 2 aromatic carbocycles. The summed E-state index contributed by atoms with van der Waals surface area (Å²) in [4.78, 5) is 6.29. The molecule has 4 rings (SSSR count). The maximum atomic E-state index is 6.45. The molecular weight excluding hydrogens is 406 g/mol. The maximum absolute atomic E-state index is 6.45. The zero-order chi connectivity index (χ0) is 20.2. The Morgan fingerprint density at radius 1 is 1.10 bits per heavy atom. The Kier molecular flexibility index (Phi) is 5.83. The van der Waals surface area contributed by atoms with Gasteiger partial charge in [0.15, 0.2) is 16.6 Å². The number of anilines is 1. The lowest BCUT2D eigenvalue weighted by molar-refractivity contribution is 0.174. The first-order valence-electron chi connectivity index (χ1n) is 9.18. The molecule has 7 heteroatoms. The van der Waals surface area contributed by atoms with Gasteiger partial charge in [-0.05, 0) is 60.1 Å². The lowest BCUT2D eigenvalue weighted by Crippen LogP contribution is -2.34. The van der Waals surface area contributed by atoms with E-state index in [-0.39, 0.29) is 6.79 Å². The number of thiocarbonyl (C=S) groups is 1. The molecule has 3 aromatic rings. The number of hydrogen-bond acceptors (Lipinski definition) is 4. The SMILES string of the molecule is Cc1cccc(NC(=S)N(Cc2cccnc2)Cc2ccc3c(c2)OCO3)c1Cl. The van der Waals surface area contributed by atoms with Gasteiger partial charge < -0.3 is 19.7 Å². The Morgan fingerprint density at radius 3 is 2.76 bits per heavy atom. The molecule has 1 aliphatic rings. The van der Waals surface area contributed by atoms with Crippen LogP contribution in [0.3, 0.4) is 0 Å². The summed E-state index contributed by atoms with van der Waals surface area (Å²) in [6.45, 7) is 3.43. The largest absolute Gasteiger partial charge is 0.454 e. The number of benzene rings is 2. The molecule has 0 amide bonds. The van der Waals surface area contributed by atoms with Crippen LogP contribution in [-0.2, 0) is 13.1 Å². The number of rotatable bonds is 5. The highest BCUT2D eigenvalue weighted by molar-refractivity contribution is 7.80. The summed E-state index contributed by atoms with van der Waals surface area (Å²) < 4.78 is 10.9. The molecule has 148 valence electrons. The van der Waals surface area contributed by atoms with Crippen molar-refractivity contribution in [1.82, 2.24) is 9.88 Å². The van der Waals surface area contributed by atoms with E-state index in [2.05, 4.69) is 15.2 Å². The Bertz CT molecular complexity index is 1030.